The van der Waals surface area contributed by atoms with E-state index in [2.05, 4.69) is 10.1 Å². The minimum absolute atomic E-state index is 0.0209. The molecule has 0 fully saturated rings. The number of hydrogen-bond acceptors (Lipinski definition) is 3. The fourth-order valence-corrected chi connectivity index (χ4v) is 2.09. The lowest BCUT2D eigenvalue weighted by Crippen LogP contribution is -2.11. The molecular weight excluding hydrogens is 269 g/mol. The van der Waals surface area contributed by atoms with Crippen molar-refractivity contribution in [2.45, 2.75) is 26.8 Å². The van der Waals surface area contributed by atoms with Crippen molar-refractivity contribution in [1.29, 1.82) is 0 Å². The van der Waals surface area contributed by atoms with Crippen molar-refractivity contribution in [3.05, 3.63) is 46.3 Å². The van der Waals surface area contributed by atoms with Crippen molar-refractivity contribution in [1.82, 2.24) is 14.8 Å². The molecule has 100 valence electrons. The molecule has 0 spiro atoms. The molecule has 0 atom stereocenters. The van der Waals surface area contributed by atoms with E-state index in [9.17, 15) is 9.18 Å². The van der Waals surface area contributed by atoms with E-state index in [1.807, 2.05) is 6.92 Å². The molecular formula is C13H13ClFN3O. The Hall–Kier alpha value is -1.75. The summed E-state index contributed by atoms with van der Waals surface area (Å²) in [5.41, 5.74) is 1.30. The van der Waals surface area contributed by atoms with Crippen molar-refractivity contribution in [3.63, 3.8) is 0 Å². The molecule has 0 bridgehead atoms. The Labute approximate surface area is 115 Å². The third-order valence-electron chi connectivity index (χ3n) is 2.85. The predicted molar refractivity (Wildman–Crippen MR) is 69.9 cm³/mol. The number of Topliss-reactive ketones (excluding diaryl/α,β-unsaturated/α-hetero) is 1. The Balaban J connectivity index is 2.32. The van der Waals surface area contributed by atoms with Gasteiger partial charge in [0, 0.05) is 12.7 Å². The van der Waals surface area contributed by atoms with Crippen LogP contribution in [-0.2, 0) is 13.0 Å². The van der Waals surface area contributed by atoms with Crippen molar-refractivity contribution >= 4 is 17.4 Å². The van der Waals surface area contributed by atoms with Gasteiger partial charge < -0.3 is 0 Å². The van der Waals surface area contributed by atoms with Crippen LogP contribution < -0.4 is 0 Å². The molecule has 2 heterocycles. The number of pyridine rings is 1. The van der Waals surface area contributed by atoms with E-state index in [1.54, 1.807) is 11.6 Å². The number of nitrogens with zero attached hydrogens (tertiary/aromatic N) is 3. The van der Waals surface area contributed by atoms with E-state index >= 15 is 0 Å². The molecule has 2 aromatic rings. The van der Waals surface area contributed by atoms with Gasteiger partial charge >= 0.3 is 0 Å². The lowest BCUT2D eigenvalue weighted by Gasteiger charge is -2.05. The third kappa shape index (κ3) is 2.66. The normalized spacial score (nSPS) is 10.7. The van der Waals surface area contributed by atoms with Crippen LogP contribution in [0.15, 0.2) is 18.5 Å². The minimum atomic E-state index is -0.622. The second-order valence-corrected chi connectivity index (χ2v) is 4.50. The molecule has 0 radical (unpaired) electrons. The molecule has 4 nitrogen and oxygen atoms in total. The Bertz CT molecular complexity index is 624. The molecule has 2 rings (SSSR count). The predicted octanol–water partition coefficient (Wildman–Crippen LogP) is 2.82. The highest BCUT2D eigenvalue weighted by atomic mass is 35.5. The summed E-state index contributed by atoms with van der Waals surface area (Å²) in [7, 11) is 0. The van der Waals surface area contributed by atoms with Crippen LogP contribution in [0, 0.1) is 12.7 Å². The molecule has 0 amide bonds. The zero-order valence-electron chi connectivity index (χ0n) is 10.7. The average molecular weight is 282 g/mol. The van der Waals surface area contributed by atoms with E-state index in [-0.39, 0.29) is 17.8 Å². The maximum absolute atomic E-state index is 13.5. The smallest absolute Gasteiger partial charge is 0.171 e. The van der Waals surface area contributed by atoms with E-state index in [0.29, 0.717) is 23.0 Å². The number of hydrogen-bond donors (Lipinski definition) is 0. The van der Waals surface area contributed by atoms with E-state index in [4.69, 9.17) is 11.6 Å². The first kappa shape index (κ1) is 13.7. The highest BCUT2D eigenvalue weighted by Crippen LogP contribution is 2.22. The first-order valence-electron chi connectivity index (χ1n) is 5.89. The van der Waals surface area contributed by atoms with Gasteiger partial charge in [-0.05, 0) is 19.9 Å². The number of carbonyl (C=O) groups excluding carboxylic acids is 1. The molecule has 0 aliphatic rings. The minimum Gasteiger partial charge on any atom is -0.294 e. The first-order valence-corrected chi connectivity index (χ1v) is 6.26. The summed E-state index contributed by atoms with van der Waals surface area (Å²) in [6, 6.07) is 1.37. The topological polar surface area (TPSA) is 47.8 Å². The maximum atomic E-state index is 13.5. The molecule has 0 saturated heterocycles. The number of aryl methyl sites for hydroxylation is 2. The number of carbonyl (C=O) groups is 1. The van der Waals surface area contributed by atoms with Crippen molar-refractivity contribution in [2.75, 3.05) is 0 Å². The Morgan fingerprint density at radius 1 is 1.53 bits per heavy atom. The second kappa shape index (κ2) is 5.48. The molecule has 0 aliphatic carbocycles. The van der Waals surface area contributed by atoms with Gasteiger partial charge in [0.25, 0.3) is 0 Å². The van der Waals surface area contributed by atoms with Gasteiger partial charge in [-0.1, -0.05) is 11.6 Å². The van der Waals surface area contributed by atoms with Gasteiger partial charge in [0.2, 0.25) is 0 Å². The number of aromatic nitrogens is 3. The van der Waals surface area contributed by atoms with Gasteiger partial charge in [-0.25, -0.2) is 4.39 Å². The van der Waals surface area contributed by atoms with E-state index < -0.39 is 5.82 Å². The Kier molecular flexibility index (Phi) is 3.95. The maximum Gasteiger partial charge on any atom is 0.171 e. The number of halogens is 2. The summed E-state index contributed by atoms with van der Waals surface area (Å²) in [5, 5.41) is 4.69. The highest BCUT2D eigenvalue weighted by Gasteiger charge is 2.18. The van der Waals surface area contributed by atoms with Crippen LogP contribution in [0.1, 0.15) is 28.7 Å². The van der Waals surface area contributed by atoms with Crippen LogP contribution in [0.2, 0.25) is 5.02 Å². The van der Waals surface area contributed by atoms with Crippen LogP contribution in [0.4, 0.5) is 4.39 Å². The Morgan fingerprint density at radius 3 is 2.89 bits per heavy atom. The summed E-state index contributed by atoms with van der Waals surface area (Å²) < 4.78 is 15.2. The molecule has 6 heteroatoms. The molecule has 0 unspecified atom stereocenters. The molecule has 0 N–H and O–H groups in total. The fourth-order valence-electron chi connectivity index (χ4n) is 1.89. The standard InChI is InChI=1S/C13H13ClFN3O/c1-3-18-11(13(14)8(2)17-18)6-12(19)9-4-5-16-7-10(9)15/h4-5,7H,3,6H2,1-2H3. The molecule has 19 heavy (non-hydrogen) atoms. The Morgan fingerprint density at radius 2 is 2.26 bits per heavy atom. The molecule has 2 aromatic heterocycles. The largest absolute Gasteiger partial charge is 0.294 e. The zero-order valence-corrected chi connectivity index (χ0v) is 11.4. The van der Waals surface area contributed by atoms with Gasteiger partial charge in [-0.2, -0.15) is 5.10 Å². The molecule has 0 aromatic carbocycles. The van der Waals surface area contributed by atoms with Gasteiger partial charge in [-0.3, -0.25) is 14.5 Å². The van der Waals surface area contributed by atoms with Crippen LogP contribution in [0.25, 0.3) is 0 Å². The van der Waals surface area contributed by atoms with Crippen LogP contribution in [-0.4, -0.2) is 20.5 Å². The highest BCUT2D eigenvalue weighted by molar-refractivity contribution is 6.32. The summed E-state index contributed by atoms with van der Waals surface area (Å²) in [5.74, 6) is -0.959. The lowest BCUT2D eigenvalue weighted by atomic mass is 10.1. The first-order chi connectivity index (χ1) is 9.04. The van der Waals surface area contributed by atoms with Crippen molar-refractivity contribution < 1.29 is 9.18 Å². The SMILES string of the molecule is CCn1nc(C)c(Cl)c1CC(=O)c1ccncc1F. The van der Waals surface area contributed by atoms with Gasteiger partial charge in [-0.15, -0.1) is 0 Å². The van der Waals surface area contributed by atoms with Crippen LogP contribution in [0.5, 0.6) is 0 Å². The summed E-state index contributed by atoms with van der Waals surface area (Å²) >= 11 is 6.12. The van der Waals surface area contributed by atoms with Crippen LogP contribution in [0.3, 0.4) is 0 Å². The number of ketones is 1. The van der Waals surface area contributed by atoms with Crippen molar-refractivity contribution in [3.8, 4) is 0 Å². The van der Waals surface area contributed by atoms with Crippen molar-refractivity contribution in [2.24, 2.45) is 0 Å². The monoisotopic (exact) mass is 281 g/mol. The molecule has 0 aliphatic heterocycles. The summed E-state index contributed by atoms with van der Waals surface area (Å²) in [4.78, 5) is 15.7. The molecule has 0 saturated carbocycles. The zero-order chi connectivity index (χ0) is 14.0. The average Bonchev–Trinajstić information content (AvgIpc) is 2.67. The third-order valence-corrected chi connectivity index (χ3v) is 3.35. The van der Waals surface area contributed by atoms with Gasteiger partial charge in [0.05, 0.1) is 34.6 Å². The summed E-state index contributed by atoms with van der Waals surface area (Å²) in [6.45, 7) is 4.29. The van der Waals surface area contributed by atoms with E-state index in [1.165, 1.54) is 12.3 Å². The summed E-state index contributed by atoms with van der Waals surface area (Å²) in [6.07, 6.45) is 2.44. The fraction of sp³-hybridized carbons (Fsp3) is 0.308. The van der Waals surface area contributed by atoms with Gasteiger partial charge in [0.15, 0.2) is 11.6 Å². The van der Waals surface area contributed by atoms with Gasteiger partial charge in [0.1, 0.15) is 0 Å². The number of rotatable bonds is 4. The second-order valence-electron chi connectivity index (χ2n) is 4.12. The quantitative estimate of drug-likeness (QED) is 0.810. The van der Waals surface area contributed by atoms with Crippen LogP contribution >= 0.6 is 11.6 Å². The van der Waals surface area contributed by atoms with E-state index in [0.717, 1.165) is 6.20 Å². The lowest BCUT2D eigenvalue weighted by molar-refractivity contribution is 0.0986.